The normalized spacial score (nSPS) is 13.4. The molecule has 0 saturated carbocycles. The molecule has 253 valence electrons. The number of ketones is 1. The molecule has 4 nitrogen and oxygen atoms in total. The summed E-state index contributed by atoms with van der Waals surface area (Å²) in [7, 11) is 0. The van der Waals surface area contributed by atoms with Crippen molar-refractivity contribution < 1.29 is 30.0 Å². The summed E-state index contributed by atoms with van der Waals surface area (Å²) in [4.78, 5) is 22.0. The number of hydrogen-bond donors (Lipinski definition) is 1. The molecule has 1 N–H and O–H groups in total. The topological polar surface area (TPSA) is 63.1 Å². The largest absolute Gasteiger partial charge is 0.512 e. The second kappa shape index (κ2) is 15.7. The van der Waals surface area contributed by atoms with Gasteiger partial charge >= 0.3 is 0 Å². The first kappa shape index (κ1) is 37.2. The van der Waals surface area contributed by atoms with Crippen molar-refractivity contribution in [2.75, 3.05) is 0 Å². The monoisotopic (exact) mass is 818 g/mol. The zero-order valence-corrected chi connectivity index (χ0v) is 32.0. The number of hydrogen-bond acceptors (Lipinski definition) is 4. The van der Waals surface area contributed by atoms with E-state index in [0.717, 1.165) is 48.5 Å². The van der Waals surface area contributed by atoms with E-state index in [4.69, 9.17) is 9.97 Å². The first-order valence-corrected chi connectivity index (χ1v) is 17.3. The van der Waals surface area contributed by atoms with Crippen LogP contribution in [0.1, 0.15) is 104 Å². The summed E-state index contributed by atoms with van der Waals surface area (Å²) in [6.45, 7) is 17.0. The quantitative estimate of drug-likeness (QED) is 0.0914. The number of fused-ring (bicyclic) bond motifs is 5. The molecule has 1 radical (unpaired) electrons. The van der Waals surface area contributed by atoms with Gasteiger partial charge in [0.15, 0.2) is 5.78 Å². The van der Waals surface area contributed by atoms with Gasteiger partial charge in [0.25, 0.3) is 0 Å². The maximum Gasteiger partial charge on any atom is 0.162 e. The van der Waals surface area contributed by atoms with Gasteiger partial charge in [0.1, 0.15) is 5.82 Å². The van der Waals surface area contributed by atoms with Crippen molar-refractivity contribution in [3.8, 4) is 22.5 Å². The molecule has 0 aliphatic heterocycles. The molecular formula is C43H49IrN2O2-. The Morgan fingerprint density at radius 3 is 1.88 bits per heavy atom. The van der Waals surface area contributed by atoms with Crippen molar-refractivity contribution in [1.29, 1.82) is 0 Å². The first-order chi connectivity index (χ1) is 22.5. The predicted molar refractivity (Wildman–Crippen MR) is 197 cm³/mol. The number of carbonyl (C=O) groups is 1. The van der Waals surface area contributed by atoms with Gasteiger partial charge in [0.2, 0.25) is 0 Å². The van der Waals surface area contributed by atoms with Crippen molar-refractivity contribution >= 4 is 27.3 Å². The Balaban J connectivity index is 0.000000279. The minimum atomic E-state index is -0.195. The fourth-order valence-electron chi connectivity index (χ4n) is 6.85. The van der Waals surface area contributed by atoms with Gasteiger partial charge in [-0.15, -0.1) is 29.1 Å². The van der Waals surface area contributed by atoms with Crippen LogP contribution < -0.4 is 0 Å². The van der Waals surface area contributed by atoms with E-state index in [2.05, 4.69) is 107 Å². The van der Waals surface area contributed by atoms with Gasteiger partial charge in [0.05, 0.1) is 11.5 Å². The first-order valence-electron chi connectivity index (χ1n) is 17.3. The number of benzene rings is 4. The predicted octanol–water partition coefficient (Wildman–Crippen LogP) is 11.5. The Kier molecular flexibility index (Phi) is 12.2. The molecule has 1 aromatic heterocycles. The fraction of sp³-hybridized carbons (Fsp3) is 0.372. The number of aliphatic hydroxyl groups excluding tert-OH is 1. The van der Waals surface area contributed by atoms with E-state index in [1.807, 2.05) is 27.7 Å². The summed E-state index contributed by atoms with van der Waals surface area (Å²) in [5.74, 6) is 1.68. The average Bonchev–Trinajstić information content (AvgIpc) is 3.29. The Labute approximate surface area is 300 Å². The zero-order valence-electron chi connectivity index (χ0n) is 29.6. The second-order valence-electron chi connectivity index (χ2n) is 13.7. The number of allylic oxidation sites excluding steroid dienone is 2. The number of aliphatic hydroxyl groups is 1. The molecule has 0 spiro atoms. The summed E-state index contributed by atoms with van der Waals surface area (Å²) < 4.78 is 0. The van der Waals surface area contributed by atoms with Crippen LogP contribution in [0.2, 0.25) is 0 Å². The average molecular weight is 818 g/mol. The molecule has 4 aromatic carbocycles. The number of carbonyl (C=O) groups excluding carboxylic acids is 1. The van der Waals surface area contributed by atoms with Crippen molar-refractivity contribution in [2.24, 2.45) is 11.8 Å². The Morgan fingerprint density at radius 2 is 1.31 bits per heavy atom. The smallest absolute Gasteiger partial charge is 0.162 e. The molecule has 6 rings (SSSR count). The van der Waals surface area contributed by atoms with Crippen molar-refractivity contribution in [3.63, 3.8) is 0 Å². The Morgan fingerprint density at radius 1 is 0.792 bits per heavy atom. The third-order valence-electron chi connectivity index (χ3n) is 9.90. The zero-order chi connectivity index (χ0) is 33.9. The maximum atomic E-state index is 11.7. The minimum Gasteiger partial charge on any atom is -0.512 e. The Bertz CT molecular complexity index is 1930. The number of aromatic nitrogens is 2. The van der Waals surface area contributed by atoms with Gasteiger partial charge in [0, 0.05) is 54.9 Å². The van der Waals surface area contributed by atoms with E-state index >= 15 is 0 Å². The SMILES string of the molecule is CC(C)c1nc(-c2[c-]cc3ccccc3c2)c2c(n1)-c1cc3ccccc3cc1C2(C)C.CCC(CC)C(=O)/C=C(\O)C(CC)CC.[Ir]. The van der Waals surface area contributed by atoms with E-state index < -0.39 is 0 Å². The summed E-state index contributed by atoms with van der Waals surface area (Å²) in [5.41, 5.74) is 6.69. The van der Waals surface area contributed by atoms with Crippen LogP contribution in [0.25, 0.3) is 44.1 Å². The minimum absolute atomic E-state index is 0. The van der Waals surface area contributed by atoms with Gasteiger partial charge in [-0.3, -0.25) is 9.78 Å². The van der Waals surface area contributed by atoms with Gasteiger partial charge in [-0.25, -0.2) is 4.98 Å². The molecule has 1 aliphatic carbocycles. The Hall–Kier alpha value is -3.66. The molecule has 48 heavy (non-hydrogen) atoms. The van der Waals surface area contributed by atoms with Crippen LogP contribution in [0.15, 0.2) is 84.6 Å². The molecule has 0 atom stereocenters. The number of nitrogens with zero attached hydrogens (tertiary/aromatic N) is 2. The van der Waals surface area contributed by atoms with Crippen LogP contribution in [-0.4, -0.2) is 20.9 Å². The molecule has 1 aliphatic rings. The molecular weight excluding hydrogens is 769 g/mol. The third kappa shape index (κ3) is 7.33. The molecule has 5 heteroatoms. The molecule has 0 amide bonds. The summed E-state index contributed by atoms with van der Waals surface area (Å²) in [5, 5.41) is 14.7. The standard InChI is InChI=1S/C30H25N2.C13H24O2.Ir/c1-18(2)29-31-27(23-14-13-19-9-5-6-10-20(19)15-23)26-28(32-29)24-16-21-11-7-8-12-22(21)17-25(24)30(26,3)4;1-5-10(6-2)12(14)9-13(15)11(7-3)8-4;/h5-13,15-18H,1-4H3;9-11,14H,5-8H2,1-4H3;/q-1;;/b;12-9-;. The van der Waals surface area contributed by atoms with Crippen LogP contribution in [0.4, 0.5) is 0 Å². The van der Waals surface area contributed by atoms with Gasteiger partial charge in [-0.1, -0.05) is 109 Å². The molecule has 5 aromatic rings. The summed E-state index contributed by atoms with van der Waals surface area (Å²) >= 11 is 0. The molecule has 0 bridgehead atoms. The van der Waals surface area contributed by atoms with Crippen molar-refractivity contribution in [3.05, 3.63) is 108 Å². The van der Waals surface area contributed by atoms with Crippen LogP contribution in [0, 0.1) is 17.9 Å². The number of rotatable bonds is 9. The van der Waals surface area contributed by atoms with E-state index in [1.165, 1.54) is 44.3 Å². The molecule has 0 fully saturated rings. The summed E-state index contributed by atoms with van der Waals surface area (Å²) in [6.07, 6.45) is 4.91. The van der Waals surface area contributed by atoms with E-state index in [0.29, 0.717) is 0 Å². The van der Waals surface area contributed by atoms with Crippen molar-refractivity contribution in [1.82, 2.24) is 9.97 Å². The van der Waals surface area contributed by atoms with Gasteiger partial charge in [-0.2, -0.15) is 0 Å². The summed E-state index contributed by atoms with van der Waals surface area (Å²) in [6, 6.07) is 29.5. The van der Waals surface area contributed by atoms with E-state index in [9.17, 15) is 9.90 Å². The van der Waals surface area contributed by atoms with E-state index in [1.54, 1.807) is 0 Å². The third-order valence-corrected chi connectivity index (χ3v) is 9.90. The van der Waals surface area contributed by atoms with Crippen LogP contribution in [0.3, 0.4) is 0 Å². The molecule has 0 saturated heterocycles. The van der Waals surface area contributed by atoms with Crippen molar-refractivity contribution in [2.45, 2.75) is 92.4 Å². The van der Waals surface area contributed by atoms with Gasteiger partial charge < -0.3 is 5.11 Å². The maximum absolute atomic E-state index is 11.7. The van der Waals surface area contributed by atoms with Crippen LogP contribution >= 0.6 is 0 Å². The second-order valence-corrected chi connectivity index (χ2v) is 13.7. The van der Waals surface area contributed by atoms with Gasteiger partial charge in [-0.05, 0) is 65.4 Å². The van der Waals surface area contributed by atoms with E-state index in [-0.39, 0.29) is 54.8 Å². The molecule has 1 heterocycles. The fourth-order valence-corrected chi connectivity index (χ4v) is 6.85. The van der Waals surface area contributed by atoms with Crippen LogP contribution in [0.5, 0.6) is 0 Å². The van der Waals surface area contributed by atoms with Crippen LogP contribution in [-0.2, 0) is 30.3 Å². The molecule has 0 unspecified atom stereocenters.